The lowest BCUT2D eigenvalue weighted by molar-refractivity contribution is 0.417. The van der Waals surface area contributed by atoms with Crippen molar-refractivity contribution >= 4 is 46.2 Å². The van der Waals surface area contributed by atoms with Crippen LogP contribution in [0.5, 0.6) is 5.75 Å². The van der Waals surface area contributed by atoms with Gasteiger partial charge in [-0.2, -0.15) is 5.10 Å². The van der Waals surface area contributed by atoms with Gasteiger partial charge in [0.05, 0.1) is 24.0 Å². The molecule has 2 aromatic rings. The van der Waals surface area contributed by atoms with Crippen LogP contribution in [0.4, 0.5) is 5.69 Å². The van der Waals surface area contributed by atoms with Crippen LogP contribution >= 0.6 is 35.4 Å². The van der Waals surface area contributed by atoms with Crippen molar-refractivity contribution in [3.63, 3.8) is 0 Å². The van der Waals surface area contributed by atoms with E-state index >= 15 is 0 Å². The van der Waals surface area contributed by atoms with Gasteiger partial charge in [-0.25, -0.2) is 0 Å². The number of ether oxygens (including phenoxy) is 1. The van der Waals surface area contributed by atoms with Crippen LogP contribution in [0.2, 0.25) is 10.0 Å². The summed E-state index contributed by atoms with van der Waals surface area (Å²) in [5, 5.41) is 12.1. The molecule has 0 aliphatic rings. The van der Waals surface area contributed by atoms with Gasteiger partial charge in [0, 0.05) is 24.3 Å². The van der Waals surface area contributed by atoms with Crippen LogP contribution < -0.4 is 15.4 Å². The molecular weight excluding hydrogens is 343 g/mol. The predicted molar refractivity (Wildman–Crippen MR) is 94.1 cm³/mol. The van der Waals surface area contributed by atoms with E-state index in [1.165, 1.54) is 0 Å². The SMILES string of the molecule is COc1ccc(Cl)cc1NC(=S)NCCCn1cc(Cl)cn1. The molecule has 0 saturated heterocycles. The average molecular weight is 359 g/mol. The molecule has 118 valence electrons. The van der Waals surface area contributed by atoms with Crippen LogP contribution in [0, 0.1) is 0 Å². The Labute approximate surface area is 144 Å². The number of methoxy groups -OCH3 is 1. The van der Waals surface area contributed by atoms with Crippen molar-refractivity contribution in [2.24, 2.45) is 0 Å². The topological polar surface area (TPSA) is 51.1 Å². The maximum Gasteiger partial charge on any atom is 0.170 e. The zero-order valence-electron chi connectivity index (χ0n) is 12.0. The Morgan fingerprint density at radius 2 is 2.18 bits per heavy atom. The number of aromatic nitrogens is 2. The lowest BCUT2D eigenvalue weighted by Crippen LogP contribution is -2.30. The van der Waals surface area contributed by atoms with Gasteiger partial charge in [-0.1, -0.05) is 23.2 Å². The Morgan fingerprint density at radius 1 is 1.36 bits per heavy atom. The van der Waals surface area contributed by atoms with Gasteiger partial charge in [0.15, 0.2) is 5.11 Å². The van der Waals surface area contributed by atoms with Crippen LogP contribution in [0.3, 0.4) is 0 Å². The number of nitrogens with zero attached hydrogens (tertiary/aromatic N) is 2. The van der Waals surface area contributed by atoms with Crippen LogP contribution in [0.15, 0.2) is 30.6 Å². The first-order valence-electron chi connectivity index (χ1n) is 6.65. The zero-order chi connectivity index (χ0) is 15.9. The maximum atomic E-state index is 5.97. The number of hydrogen-bond donors (Lipinski definition) is 2. The normalized spacial score (nSPS) is 10.3. The van der Waals surface area contributed by atoms with E-state index < -0.39 is 0 Å². The quantitative estimate of drug-likeness (QED) is 0.610. The highest BCUT2D eigenvalue weighted by Crippen LogP contribution is 2.27. The molecule has 0 aliphatic carbocycles. The molecule has 0 unspecified atom stereocenters. The van der Waals surface area contributed by atoms with E-state index in [9.17, 15) is 0 Å². The van der Waals surface area contributed by atoms with Crippen LogP contribution in [-0.2, 0) is 6.54 Å². The number of thiocarbonyl (C=S) groups is 1. The first kappa shape index (κ1) is 16.9. The number of aryl methyl sites for hydroxylation is 1. The smallest absolute Gasteiger partial charge is 0.170 e. The summed E-state index contributed by atoms with van der Waals surface area (Å²) < 4.78 is 7.05. The van der Waals surface area contributed by atoms with Gasteiger partial charge in [-0.05, 0) is 36.8 Å². The standard InChI is InChI=1S/C14H16Cl2N4OS/c1-21-13-4-3-10(15)7-12(13)19-14(22)17-5-2-6-20-9-11(16)8-18-20/h3-4,7-9H,2,5-6H2,1H3,(H2,17,19,22). The fourth-order valence-electron chi connectivity index (χ4n) is 1.85. The molecule has 0 atom stereocenters. The van der Waals surface area contributed by atoms with E-state index in [0.29, 0.717) is 27.5 Å². The minimum atomic E-state index is 0.513. The van der Waals surface area contributed by atoms with Crippen molar-refractivity contribution in [2.45, 2.75) is 13.0 Å². The summed E-state index contributed by atoms with van der Waals surface area (Å²) >= 11 is 17.0. The summed E-state index contributed by atoms with van der Waals surface area (Å²) in [5.74, 6) is 0.680. The molecule has 22 heavy (non-hydrogen) atoms. The van der Waals surface area contributed by atoms with Crippen molar-refractivity contribution < 1.29 is 4.74 Å². The van der Waals surface area contributed by atoms with Crippen molar-refractivity contribution in [1.29, 1.82) is 0 Å². The van der Waals surface area contributed by atoms with E-state index in [2.05, 4.69) is 15.7 Å². The van der Waals surface area contributed by atoms with Gasteiger partial charge < -0.3 is 15.4 Å². The highest BCUT2D eigenvalue weighted by molar-refractivity contribution is 7.80. The van der Waals surface area contributed by atoms with E-state index in [0.717, 1.165) is 18.7 Å². The molecule has 1 heterocycles. The maximum absolute atomic E-state index is 5.97. The first-order chi connectivity index (χ1) is 10.6. The minimum absolute atomic E-state index is 0.513. The zero-order valence-corrected chi connectivity index (χ0v) is 14.3. The van der Waals surface area contributed by atoms with E-state index in [4.69, 9.17) is 40.2 Å². The number of nitrogens with one attached hydrogen (secondary N) is 2. The third-order valence-corrected chi connectivity index (χ3v) is 3.54. The van der Waals surface area contributed by atoms with Crippen molar-refractivity contribution in [1.82, 2.24) is 15.1 Å². The second-order valence-corrected chi connectivity index (χ2v) is 5.78. The molecule has 0 radical (unpaired) electrons. The number of hydrogen-bond acceptors (Lipinski definition) is 3. The van der Waals surface area contributed by atoms with Gasteiger partial charge in [0.25, 0.3) is 0 Å². The molecular formula is C14H16Cl2N4OS. The highest BCUT2D eigenvalue weighted by Gasteiger charge is 2.05. The first-order valence-corrected chi connectivity index (χ1v) is 7.81. The average Bonchev–Trinajstić information content (AvgIpc) is 2.89. The largest absolute Gasteiger partial charge is 0.495 e. The lowest BCUT2D eigenvalue weighted by atomic mass is 10.3. The van der Waals surface area contributed by atoms with E-state index in [1.54, 1.807) is 42.4 Å². The number of benzene rings is 1. The predicted octanol–water partition coefficient (Wildman–Crippen LogP) is 3.58. The number of rotatable bonds is 6. The number of halogens is 2. The molecule has 0 amide bonds. The van der Waals surface area contributed by atoms with Gasteiger partial charge >= 0.3 is 0 Å². The Bertz CT molecular complexity index is 648. The van der Waals surface area contributed by atoms with Crippen LogP contribution in [0.25, 0.3) is 0 Å². The molecule has 2 N–H and O–H groups in total. The van der Waals surface area contributed by atoms with E-state index in [-0.39, 0.29) is 0 Å². The van der Waals surface area contributed by atoms with Gasteiger partial charge in [-0.3, -0.25) is 4.68 Å². The second kappa shape index (κ2) is 8.22. The lowest BCUT2D eigenvalue weighted by Gasteiger charge is -2.13. The molecule has 2 rings (SSSR count). The Kier molecular flexibility index (Phi) is 6.30. The summed E-state index contributed by atoms with van der Waals surface area (Å²) in [6.07, 6.45) is 4.27. The third-order valence-electron chi connectivity index (χ3n) is 2.86. The molecule has 0 bridgehead atoms. The summed E-state index contributed by atoms with van der Waals surface area (Å²) in [5.41, 5.74) is 0.728. The fourth-order valence-corrected chi connectivity index (χ4v) is 2.39. The third kappa shape index (κ3) is 5.05. The molecule has 1 aromatic carbocycles. The molecule has 1 aromatic heterocycles. The summed E-state index contributed by atoms with van der Waals surface area (Å²) in [4.78, 5) is 0. The Hall–Kier alpha value is -1.50. The van der Waals surface area contributed by atoms with Gasteiger partial charge in [0.1, 0.15) is 5.75 Å². The molecule has 8 heteroatoms. The van der Waals surface area contributed by atoms with Crippen molar-refractivity contribution in [3.05, 3.63) is 40.6 Å². The Morgan fingerprint density at radius 3 is 2.86 bits per heavy atom. The van der Waals surface area contributed by atoms with Crippen molar-refractivity contribution in [3.8, 4) is 5.75 Å². The van der Waals surface area contributed by atoms with E-state index in [1.807, 2.05) is 0 Å². The molecule has 5 nitrogen and oxygen atoms in total. The summed E-state index contributed by atoms with van der Waals surface area (Å²) in [6, 6.07) is 5.31. The van der Waals surface area contributed by atoms with Crippen LogP contribution in [0.1, 0.15) is 6.42 Å². The monoisotopic (exact) mass is 358 g/mol. The fraction of sp³-hybridized carbons (Fsp3) is 0.286. The summed E-state index contributed by atoms with van der Waals surface area (Å²) in [7, 11) is 1.60. The second-order valence-electron chi connectivity index (χ2n) is 4.50. The molecule has 0 spiro atoms. The highest BCUT2D eigenvalue weighted by atomic mass is 35.5. The Balaban J connectivity index is 1.77. The van der Waals surface area contributed by atoms with Crippen LogP contribution in [-0.4, -0.2) is 28.5 Å². The molecule has 0 aliphatic heterocycles. The molecule has 0 saturated carbocycles. The molecule has 0 fully saturated rings. The summed E-state index contributed by atoms with van der Waals surface area (Å²) in [6.45, 7) is 1.48. The number of anilines is 1. The van der Waals surface area contributed by atoms with Crippen molar-refractivity contribution in [2.75, 3.05) is 19.0 Å². The van der Waals surface area contributed by atoms with Gasteiger partial charge in [-0.15, -0.1) is 0 Å². The van der Waals surface area contributed by atoms with Gasteiger partial charge in [0.2, 0.25) is 0 Å². The minimum Gasteiger partial charge on any atom is -0.495 e.